The summed E-state index contributed by atoms with van der Waals surface area (Å²) in [4.78, 5) is 27.9. The van der Waals surface area contributed by atoms with E-state index in [0.717, 1.165) is 53.9 Å². The van der Waals surface area contributed by atoms with Crippen molar-refractivity contribution in [1.29, 1.82) is 0 Å². The molecule has 0 saturated carbocycles. The predicted molar refractivity (Wildman–Crippen MR) is 132 cm³/mol. The SMILES string of the molecule is Cc1cccc(-n2cc(C(=O)Cc3cc4ccc(OC5CCN(C)CC5)c(C)c4oc3=O)nn2)c1. The lowest BCUT2D eigenvalue weighted by Crippen LogP contribution is -2.35. The highest BCUT2D eigenvalue weighted by Gasteiger charge is 2.21. The smallest absolute Gasteiger partial charge is 0.339 e. The fraction of sp³-hybridized carbons (Fsp3) is 0.333. The zero-order valence-corrected chi connectivity index (χ0v) is 20.2. The number of hydrogen-bond acceptors (Lipinski definition) is 7. The van der Waals surface area contributed by atoms with Gasteiger partial charge in [0.1, 0.15) is 23.1 Å². The van der Waals surface area contributed by atoms with E-state index in [1.54, 1.807) is 16.9 Å². The molecular formula is C27H28N4O4. The summed E-state index contributed by atoms with van der Waals surface area (Å²) in [6.45, 7) is 5.88. The van der Waals surface area contributed by atoms with E-state index < -0.39 is 5.63 Å². The lowest BCUT2D eigenvalue weighted by molar-refractivity contribution is 0.0987. The minimum Gasteiger partial charge on any atom is -0.490 e. The number of aromatic nitrogens is 3. The number of nitrogens with zero attached hydrogens (tertiary/aromatic N) is 4. The van der Waals surface area contributed by atoms with Gasteiger partial charge in [0.05, 0.1) is 11.9 Å². The van der Waals surface area contributed by atoms with Crippen LogP contribution in [0.25, 0.3) is 16.7 Å². The molecule has 1 saturated heterocycles. The third kappa shape index (κ3) is 4.88. The van der Waals surface area contributed by atoms with Crippen LogP contribution in [0.1, 0.15) is 40.0 Å². The predicted octanol–water partition coefficient (Wildman–Crippen LogP) is 3.89. The summed E-state index contributed by atoms with van der Waals surface area (Å²) in [7, 11) is 2.11. The number of carbonyl (C=O) groups excluding carboxylic acids is 1. The first-order chi connectivity index (χ1) is 16.9. The fourth-order valence-corrected chi connectivity index (χ4v) is 4.43. The maximum absolute atomic E-state index is 12.9. The Morgan fingerprint density at radius 3 is 2.71 bits per heavy atom. The highest BCUT2D eigenvalue weighted by atomic mass is 16.5. The first-order valence-corrected chi connectivity index (χ1v) is 11.8. The Morgan fingerprint density at radius 1 is 1.14 bits per heavy atom. The van der Waals surface area contributed by atoms with E-state index in [1.165, 1.54) is 0 Å². The summed E-state index contributed by atoms with van der Waals surface area (Å²) < 4.78 is 13.4. The van der Waals surface area contributed by atoms with Gasteiger partial charge in [-0.3, -0.25) is 4.79 Å². The summed E-state index contributed by atoms with van der Waals surface area (Å²) in [5.74, 6) is 0.432. The third-order valence-electron chi connectivity index (χ3n) is 6.53. The third-order valence-corrected chi connectivity index (χ3v) is 6.53. The maximum atomic E-state index is 12.9. The molecule has 1 fully saturated rings. The van der Waals surface area contributed by atoms with Crippen molar-refractivity contribution in [2.24, 2.45) is 0 Å². The summed E-state index contributed by atoms with van der Waals surface area (Å²) in [5.41, 5.74) is 3.13. The molecular weight excluding hydrogens is 444 g/mol. The number of ether oxygens (including phenoxy) is 1. The van der Waals surface area contributed by atoms with E-state index in [0.29, 0.717) is 5.58 Å². The monoisotopic (exact) mass is 472 g/mol. The van der Waals surface area contributed by atoms with E-state index in [9.17, 15) is 9.59 Å². The van der Waals surface area contributed by atoms with Crippen LogP contribution in [0, 0.1) is 13.8 Å². The number of ketones is 1. The average molecular weight is 473 g/mol. The van der Waals surface area contributed by atoms with Gasteiger partial charge in [0.25, 0.3) is 0 Å². The van der Waals surface area contributed by atoms with E-state index in [4.69, 9.17) is 9.15 Å². The van der Waals surface area contributed by atoms with Crippen LogP contribution in [-0.2, 0) is 6.42 Å². The first kappa shape index (κ1) is 23.0. The van der Waals surface area contributed by atoms with Gasteiger partial charge in [0.2, 0.25) is 0 Å². The van der Waals surface area contributed by atoms with Gasteiger partial charge in [-0.05, 0) is 69.6 Å². The molecule has 180 valence electrons. The van der Waals surface area contributed by atoms with E-state index in [1.807, 2.05) is 50.2 Å². The summed E-state index contributed by atoms with van der Waals surface area (Å²) in [6, 6.07) is 13.2. The molecule has 2 aromatic heterocycles. The summed E-state index contributed by atoms with van der Waals surface area (Å²) in [6.07, 6.45) is 3.55. The van der Waals surface area contributed by atoms with E-state index in [2.05, 4.69) is 22.3 Å². The van der Waals surface area contributed by atoms with Crippen LogP contribution in [0.4, 0.5) is 0 Å². The summed E-state index contributed by atoms with van der Waals surface area (Å²) in [5, 5.41) is 8.82. The van der Waals surface area contributed by atoms with Gasteiger partial charge < -0.3 is 14.1 Å². The second-order valence-corrected chi connectivity index (χ2v) is 9.27. The van der Waals surface area contributed by atoms with Crippen molar-refractivity contribution in [3.63, 3.8) is 0 Å². The van der Waals surface area contributed by atoms with Crippen LogP contribution in [0.5, 0.6) is 5.75 Å². The Labute approximate surface area is 203 Å². The van der Waals surface area contributed by atoms with Gasteiger partial charge in [-0.15, -0.1) is 5.10 Å². The largest absolute Gasteiger partial charge is 0.490 e. The number of carbonyl (C=O) groups is 1. The number of likely N-dealkylation sites (tertiary alicyclic amines) is 1. The zero-order valence-electron chi connectivity index (χ0n) is 20.2. The minimum absolute atomic E-state index is 0.113. The van der Waals surface area contributed by atoms with Gasteiger partial charge in [-0.2, -0.15) is 0 Å². The molecule has 0 unspecified atom stereocenters. The zero-order chi connectivity index (χ0) is 24.5. The number of hydrogen-bond donors (Lipinski definition) is 0. The highest BCUT2D eigenvalue weighted by molar-refractivity contribution is 5.96. The van der Waals surface area contributed by atoms with Crippen LogP contribution in [0.15, 0.2) is 57.9 Å². The van der Waals surface area contributed by atoms with Crippen LogP contribution in [-0.4, -0.2) is 51.9 Å². The Morgan fingerprint density at radius 2 is 1.94 bits per heavy atom. The molecule has 8 heteroatoms. The normalized spacial score (nSPS) is 14.9. The molecule has 0 N–H and O–H groups in total. The number of rotatable bonds is 6. The Bertz CT molecular complexity index is 1450. The van der Waals surface area contributed by atoms with Gasteiger partial charge in [-0.25, -0.2) is 9.48 Å². The fourth-order valence-electron chi connectivity index (χ4n) is 4.43. The number of aryl methyl sites for hydroxylation is 2. The van der Waals surface area contributed by atoms with Crippen molar-refractivity contribution in [2.45, 2.75) is 39.2 Å². The van der Waals surface area contributed by atoms with E-state index >= 15 is 0 Å². The number of fused-ring (bicyclic) bond motifs is 1. The molecule has 0 radical (unpaired) electrons. The van der Waals surface area contributed by atoms with Crippen molar-refractivity contribution in [3.8, 4) is 11.4 Å². The van der Waals surface area contributed by atoms with Gasteiger partial charge in [0.15, 0.2) is 5.78 Å². The Hall–Kier alpha value is -3.78. The molecule has 3 heterocycles. The van der Waals surface area contributed by atoms with Crippen LogP contribution in [0.2, 0.25) is 0 Å². The lowest BCUT2D eigenvalue weighted by Gasteiger charge is -2.29. The highest BCUT2D eigenvalue weighted by Crippen LogP contribution is 2.29. The molecule has 0 spiro atoms. The molecule has 5 rings (SSSR count). The maximum Gasteiger partial charge on any atom is 0.339 e. The van der Waals surface area contributed by atoms with Crippen LogP contribution >= 0.6 is 0 Å². The van der Waals surface area contributed by atoms with Crippen molar-refractivity contribution in [2.75, 3.05) is 20.1 Å². The number of piperidine rings is 1. The molecule has 35 heavy (non-hydrogen) atoms. The van der Waals surface area contributed by atoms with Gasteiger partial charge in [-0.1, -0.05) is 17.3 Å². The van der Waals surface area contributed by atoms with Crippen molar-refractivity contribution in [1.82, 2.24) is 19.9 Å². The quantitative estimate of drug-likeness (QED) is 0.311. The van der Waals surface area contributed by atoms with Crippen LogP contribution < -0.4 is 10.4 Å². The van der Waals surface area contributed by atoms with Gasteiger partial charge in [0, 0.05) is 36.0 Å². The van der Waals surface area contributed by atoms with Gasteiger partial charge >= 0.3 is 5.63 Å². The first-order valence-electron chi connectivity index (χ1n) is 11.8. The molecule has 0 bridgehead atoms. The molecule has 4 aromatic rings. The molecule has 1 aliphatic rings. The lowest BCUT2D eigenvalue weighted by atomic mass is 10.0. The molecule has 0 amide bonds. The van der Waals surface area contributed by atoms with Crippen molar-refractivity contribution in [3.05, 3.63) is 81.5 Å². The summed E-state index contributed by atoms with van der Waals surface area (Å²) >= 11 is 0. The second kappa shape index (κ2) is 9.46. The Balaban J connectivity index is 1.35. The van der Waals surface area contributed by atoms with Crippen LogP contribution in [0.3, 0.4) is 0 Å². The Kier molecular flexibility index (Phi) is 6.21. The molecule has 8 nitrogen and oxygen atoms in total. The average Bonchev–Trinajstić information content (AvgIpc) is 3.34. The second-order valence-electron chi connectivity index (χ2n) is 9.27. The topological polar surface area (TPSA) is 90.5 Å². The molecule has 2 aromatic carbocycles. The van der Waals surface area contributed by atoms with Crippen molar-refractivity contribution < 1.29 is 13.9 Å². The molecule has 0 atom stereocenters. The molecule has 0 aliphatic carbocycles. The molecule has 1 aliphatic heterocycles. The minimum atomic E-state index is -0.531. The number of Topliss-reactive ketones (excluding diaryl/α,β-unsaturated/α-hetero) is 1. The van der Waals surface area contributed by atoms with Crippen molar-refractivity contribution >= 4 is 16.8 Å². The standard InChI is InChI=1S/C27H28N4O4/c1-17-5-4-6-21(13-17)31-16-23(28-29-31)24(32)15-20-14-19-7-8-25(18(2)26(19)35-27(20)33)34-22-9-11-30(3)12-10-22/h4-8,13-14,16,22H,9-12,15H2,1-3H3. The number of benzene rings is 2. The van der Waals surface area contributed by atoms with E-state index in [-0.39, 0.29) is 29.6 Å².